The van der Waals surface area contributed by atoms with E-state index in [-0.39, 0.29) is 6.10 Å². The van der Waals surface area contributed by atoms with Crippen LogP contribution in [0.5, 0.6) is 0 Å². The van der Waals surface area contributed by atoms with Crippen LogP contribution in [0.15, 0.2) is 22.9 Å². The van der Waals surface area contributed by atoms with Gasteiger partial charge in [0.05, 0.1) is 6.10 Å². The lowest BCUT2D eigenvalue weighted by Gasteiger charge is -2.23. The molecule has 4 heteroatoms. The van der Waals surface area contributed by atoms with Crippen LogP contribution in [0.4, 0.5) is 0 Å². The summed E-state index contributed by atoms with van der Waals surface area (Å²) in [4.78, 5) is 5.13. The van der Waals surface area contributed by atoms with Crippen LogP contribution in [0.25, 0.3) is 0 Å². The molecule has 0 bridgehead atoms. The van der Waals surface area contributed by atoms with Gasteiger partial charge in [-0.25, -0.2) is 0 Å². The summed E-state index contributed by atoms with van der Waals surface area (Å²) in [6.07, 6.45) is -0.291. The lowest BCUT2D eigenvalue weighted by molar-refractivity contribution is 0.119. The average molecular weight is 295 g/mol. The maximum absolute atomic E-state index is 9.68. The van der Waals surface area contributed by atoms with Gasteiger partial charge in [0.25, 0.3) is 0 Å². The second-order valence-electron chi connectivity index (χ2n) is 5.07. The van der Waals surface area contributed by atoms with E-state index in [1.807, 2.05) is 6.92 Å². The lowest BCUT2D eigenvalue weighted by Crippen LogP contribution is -2.30. The number of aliphatic hydroxyl groups excluding tert-OH is 1. The predicted octanol–water partition coefficient (Wildman–Crippen LogP) is 3.81. The highest BCUT2D eigenvalue weighted by Gasteiger charge is 2.13. The molecule has 2 heterocycles. The normalized spacial score (nSPS) is 13.1. The van der Waals surface area contributed by atoms with Crippen molar-refractivity contribution < 1.29 is 5.11 Å². The van der Waals surface area contributed by atoms with E-state index in [9.17, 15) is 5.11 Å². The molecule has 0 fully saturated rings. The molecule has 0 aliphatic heterocycles. The van der Waals surface area contributed by atoms with Gasteiger partial charge in [0.15, 0.2) is 0 Å². The standard InChI is InChI=1S/C15H21NOS2/c1-11-4-6-18-14(11)9-16(8-13(3)17)10-15-12(2)5-7-19-15/h4-7,13,17H,8-10H2,1-3H3. The van der Waals surface area contributed by atoms with Gasteiger partial charge in [-0.1, -0.05) is 0 Å². The largest absolute Gasteiger partial charge is 0.392 e. The molecular formula is C15H21NOS2. The number of nitrogens with zero attached hydrogens (tertiary/aromatic N) is 1. The molecule has 0 spiro atoms. The molecule has 2 rings (SSSR count). The minimum absolute atomic E-state index is 0.291. The van der Waals surface area contributed by atoms with Gasteiger partial charge in [-0.15, -0.1) is 22.7 Å². The van der Waals surface area contributed by atoms with Crippen LogP contribution < -0.4 is 0 Å². The lowest BCUT2D eigenvalue weighted by atomic mass is 10.2. The molecule has 1 unspecified atom stereocenters. The van der Waals surface area contributed by atoms with Crippen molar-refractivity contribution in [2.45, 2.75) is 40.0 Å². The smallest absolute Gasteiger partial charge is 0.0639 e. The van der Waals surface area contributed by atoms with Crippen molar-refractivity contribution in [1.82, 2.24) is 4.90 Å². The maximum atomic E-state index is 9.68. The van der Waals surface area contributed by atoms with Crippen LogP contribution in [-0.4, -0.2) is 22.7 Å². The Morgan fingerprint density at radius 2 is 1.53 bits per heavy atom. The van der Waals surface area contributed by atoms with Gasteiger partial charge in [0, 0.05) is 29.4 Å². The maximum Gasteiger partial charge on any atom is 0.0639 e. The van der Waals surface area contributed by atoms with Gasteiger partial charge in [0.1, 0.15) is 0 Å². The third kappa shape index (κ3) is 4.14. The van der Waals surface area contributed by atoms with Gasteiger partial charge in [-0.05, 0) is 54.8 Å². The number of hydrogen-bond donors (Lipinski definition) is 1. The third-order valence-electron chi connectivity index (χ3n) is 3.19. The average Bonchev–Trinajstić information content (AvgIpc) is 2.89. The molecule has 104 valence electrons. The fourth-order valence-corrected chi connectivity index (χ4v) is 3.99. The summed E-state index contributed by atoms with van der Waals surface area (Å²) < 4.78 is 0. The van der Waals surface area contributed by atoms with Crippen molar-refractivity contribution in [2.75, 3.05) is 6.54 Å². The summed E-state index contributed by atoms with van der Waals surface area (Å²) in [6.45, 7) is 8.73. The summed E-state index contributed by atoms with van der Waals surface area (Å²) >= 11 is 3.60. The molecule has 2 aromatic heterocycles. The van der Waals surface area contributed by atoms with Crippen molar-refractivity contribution in [3.63, 3.8) is 0 Å². The van der Waals surface area contributed by atoms with Gasteiger partial charge in [-0.2, -0.15) is 0 Å². The van der Waals surface area contributed by atoms with Crippen LogP contribution in [0, 0.1) is 13.8 Å². The summed E-state index contributed by atoms with van der Waals surface area (Å²) in [5, 5.41) is 14.0. The summed E-state index contributed by atoms with van der Waals surface area (Å²) in [7, 11) is 0. The van der Waals surface area contributed by atoms with Crippen molar-refractivity contribution in [3.05, 3.63) is 43.8 Å². The van der Waals surface area contributed by atoms with Crippen LogP contribution in [0.1, 0.15) is 27.8 Å². The molecule has 1 N–H and O–H groups in total. The van der Waals surface area contributed by atoms with Gasteiger partial charge in [0.2, 0.25) is 0 Å². The molecule has 1 atom stereocenters. The number of rotatable bonds is 6. The molecule has 0 radical (unpaired) electrons. The van der Waals surface area contributed by atoms with Crippen molar-refractivity contribution >= 4 is 22.7 Å². The second-order valence-corrected chi connectivity index (χ2v) is 7.07. The Labute approximate surface area is 123 Å². The zero-order valence-corrected chi connectivity index (χ0v) is 13.4. The van der Waals surface area contributed by atoms with Crippen molar-refractivity contribution in [2.24, 2.45) is 0 Å². The van der Waals surface area contributed by atoms with Gasteiger partial charge in [-0.3, -0.25) is 4.90 Å². The van der Waals surface area contributed by atoms with E-state index in [2.05, 4.69) is 41.6 Å². The van der Waals surface area contributed by atoms with E-state index in [4.69, 9.17) is 0 Å². The fourth-order valence-electron chi connectivity index (χ4n) is 2.10. The minimum atomic E-state index is -0.291. The zero-order valence-electron chi connectivity index (χ0n) is 11.7. The van der Waals surface area contributed by atoms with E-state index in [1.54, 1.807) is 22.7 Å². The molecule has 0 saturated heterocycles. The molecule has 0 saturated carbocycles. The quantitative estimate of drug-likeness (QED) is 0.876. The topological polar surface area (TPSA) is 23.5 Å². The fraction of sp³-hybridized carbons (Fsp3) is 0.467. The Balaban J connectivity index is 2.08. The van der Waals surface area contributed by atoms with Crippen LogP contribution >= 0.6 is 22.7 Å². The van der Waals surface area contributed by atoms with Gasteiger partial charge >= 0.3 is 0 Å². The van der Waals surface area contributed by atoms with E-state index in [1.165, 1.54) is 20.9 Å². The summed E-state index contributed by atoms with van der Waals surface area (Å²) in [6, 6.07) is 4.33. The third-order valence-corrected chi connectivity index (χ3v) is 5.21. The molecule has 2 nitrogen and oxygen atoms in total. The monoisotopic (exact) mass is 295 g/mol. The number of thiophene rings is 2. The molecule has 0 amide bonds. The van der Waals surface area contributed by atoms with E-state index in [0.717, 1.165) is 13.1 Å². The highest BCUT2D eigenvalue weighted by Crippen LogP contribution is 2.22. The van der Waals surface area contributed by atoms with Crippen molar-refractivity contribution in [1.29, 1.82) is 0 Å². The van der Waals surface area contributed by atoms with Gasteiger partial charge < -0.3 is 5.11 Å². The second kappa shape index (κ2) is 6.66. The van der Waals surface area contributed by atoms with Crippen LogP contribution in [0.3, 0.4) is 0 Å². The first-order valence-electron chi connectivity index (χ1n) is 6.52. The molecule has 0 aliphatic rings. The minimum Gasteiger partial charge on any atom is -0.392 e. The Kier molecular flexibility index (Phi) is 5.16. The highest BCUT2D eigenvalue weighted by molar-refractivity contribution is 7.10. The van der Waals surface area contributed by atoms with E-state index in [0.29, 0.717) is 6.54 Å². The first kappa shape index (κ1) is 14.7. The number of aliphatic hydroxyl groups is 1. The molecule has 2 aromatic rings. The molecule has 19 heavy (non-hydrogen) atoms. The SMILES string of the molecule is Cc1ccsc1CN(Cc1sccc1C)CC(C)O. The Hall–Kier alpha value is -0.680. The Morgan fingerprint density at radius 3 is 1.84 bits per heavy atom. The molecule has 0 aliphatic carbocycles. The van der Waals surface area contributed by atoms with E-state index < -0.39 is 0 Å². The first-order chi connectivity index (χ1) is 9.06. The van der Waals surface area contributed by atoms with Crippen molar-refractivity contribution in [3.8, 4) is 0 Å². The Bertz CT molecular complexity index is 473. The summed E-state index contributed by atoms with van der Waals surface area (Å²) in [5.74, 6) is 0. The molecular weight excluding hydrogens is 274 g/mol. The predicted molar refractivity (Wildman–Crippen MR) is 83.9 cm³/mol. The first-order valence-corrected chi connectivity index (χ1v) is 8.28. The molecule has 0 aromatic carbocycles. The number of hydrogen-bond acceptors (Lipinski definition) is 4. The zero-order chi connectivity index (χ0) is 13.8. The van der Waals surface area contributed by atoms with Crippen LogP contribution in [-0.2, 0) is 13.1 Å². The van der Waals surface area contributed by atoms with Crippen LogP contribution in [0.2, 0.25) is 0 Å². The Morgan fingerprint density at radius 1 is 1.05 bits per heavy atom. The highest BCUT2D eigenvalue weighted by atomic mass is 32.1. The number of aryl methyl sites for hydroxylation is 2. The van der Waals surface area contributed by atoms with E-state index >= 15 is 0 Å². The summed E-state index contributed by atoms with van der Waals surface area (Å²) in [5.41, 5.74) is 2.70.